The lowest BCUT2D eigenvalue weighted by Crippen LogP contribution is -2.48. The number of carbonyl (C=O) groups excluding carboxylic acids is 1. The van der Waals surface area contributed by atoms with E-state index < -0.39 is 0 Å². The van der Waals surface area contributed by atoms with Crippen LogP contribution in [-0.2, 0) is 7.05 Å². The van der Waals surface area contributed by atoms with E-state index >= 15 is 0 Å². The molecule has 1 unspecified atom stereocenters. The average molecular weight is 503 g/mol. The molecule has 1 atom stereocenters. The van der Waals surface area contributed by atoms with E-state index in [4.69, 9.17) is 4.74 Å². The van der Waals surface area contributed by atoms with Crippen molar-refractivity contribution in [3.63, 3.8) is 0 Å². The van der Waals surface area contributed by atoms with Gasteiger partial charge in [0.25, 0.3) is 6.01 Å². The van der Waals surface area contributed by atoms with Crippen LogP contribution < -0.4 is 10.1 Å². The van der Waals surface area contributed by atoms with E-state index in [1.807, 2.05) is 31.3 Å². The summed E-state index contributed by atoms with van der Waals surface area (Å²) in [5, 5.41) is 3.47. The molecule has 1 N–H and O–H groups in total. The van der Waals surface area contributed by atoms with Crippen molar-refractivity contribution in [1.82, 2.24) is 19.8 Å². The predicted octanol–water partition coefficient (Wildman–Crippen LogP) is 4.28. The summed E-state index contributed by atoms with van der Waals surface area (Å²) in [6.07, 6.45) is 6.57. The zero-order valence-electron chi connectivity index (χ0n) is 19.4. The molecule has 0 saturated carbocycles. The molecule has 2 aromatic rings. The standard InChI is InChI=1S/C25H35BrN4O2/c1-17(2)24(19-10-14-30(15-11-19)21-8-12-27-13-9-21)32-25-28-16-22(29(25)3)23(31)18-4-6-20(26)7-5-18/h4-7,16-17,19,21,24,27H,8-15H2,1-3H3. The number of piperidine rings is 2. The Morgan fingerprint density at radius 2 is 1.78 bits per heavy atom. The third-order valence-corrected chi connectivity index (χ3v) is 7.58. The van der Waals surface area contributed by atoms with Crippen LogP contribution in [0.25, 0.3) is 0 Å². The maximum absolute atomic E-state index is 13.0. The highest BCUT2D eigenvalue weighted by molar-refractivity contribution is 9.10. The normalized spacial score (nSPS) is 19.9. The Balaban J connectivity index is 1.41. The molecule has 1 aromatic heterocycles. The van der Waals surface area contributed by atoms with Gasteiger partial charge in [-0.2, -0.15) is 0 Å². The largest absolute Gasteiger partial charge is 0.461 e. The maximum Gasteiger partial charge on any atom is 0.296 e. The molecule has 0 aliphatic carbocycles. The SMILES string of the molecule is CC(C)C(Oc1ncc(C(=O)c2ccc(Br)cc2)n1C)C1CCN(C2CCNCC2)CC1. The minimum atomic E-state index is -0.0428. The van der Waals surface area contributed by atoms with E-state index in [2.05, 4.69) is 45.0 Å². The summed E-state index contributed by atoms with van der Waals surface area (Å²) in [6.45, 7) is 9.03. The van der Waals surface area contributed by atoms with Crippen molar-refractivity contribution in [2.75, 3.05) is 26.2 Å². The molecule has 2 aliphatic heterocycles. The monoisotopic (exact) mass is 502 g/mol. The molecular weight excluding hydrogens is 468 g/mol. The van der Waals surface area contributed by atoms with Gasteiger partial charge in [0.2, 0.25) is 5.78 Å². The van der Waals surface area contributed by atoms with Crippen LogP contribution >= 0.6 is 15.9 Å². The molecule has 7 heteroatoms. The minimum Gasteiger partial charge on any atom is -0.461 e. The summed E-state index contributed by atoms with van der Waals surface area (Å²) in [5.74, 6) is 0.849. The summed E-state index contributed by atoms with van der Waals surface area (Å²) in [5.41, 5.74) is 1.19. The Hall–Kier alpha value is -1.70. The Labute approximate surface area is 199 Å². The van der Waals surface area contributed by atoms with Gasteiger partial charge < -0.3 is 15.0 Å². The second kappa shape index (κ2) is 10.5. The van der Waals surface area contributed by atoms with Crippen molar-refractivity contribution in [2.45, 2.75) is 51.7 Å². The molecule has 3 heterocycles. The Morgan fingerprint density at radius 3 is 2.41 bits per heavy atom. The first-order valence-corrected chi connectivity index (χ1v) is 12.7. The van der Waals surface area contributed by atoms with Crippen LogP contribution in [0, 0.1) is 11.8 Å². The number of nitrogens with zero attached hydrogens (tertiary/aromatic N) is 3. The lowest BCUT2D eigenvalue weighted by atomic mass is 9.84. The summed E-state index contributed by atoms with van der Waals surface area (Å²) in [6, 6.07) is 8.68. The van der Waals surface area contributed by atoms with Gasteiger partial charge in [0.05, 0.1) is 6.20 Å². The van der Waals surface area contributed by atoms with Gasteiger partial charge in [-0.15, -0.1) is 0 Å². The van der Waals surface area contributed by atoms with Crippen LogP contribution in [0.15, 0.2) is 34.9 Å². The zero-order chi connectivity index (χ0) is 22.7. The molecule has 2 fully saturated rings. The fraction of sp³-hybridized carbons (Fsp3) is 0.600. The van der Waals surface area contributed by atoms with Gasteiger partial charge in [-0.05, 0) is 88.0 Å². The van der Waals surface area contributed by atoms with E-state index in [0.29, 0.717) is 29.1 Å². The Morgan fingerprint density at radius 1 is 1.12 bits per heavy atom. The smallest absolute Gasteiger partial charge is 0.296 e. The molecule has 4 rings (SSSR count). The van der Waals surface area contributed by atoms with Gasteiger partial charge in [-0.1, -0.05) is 29.8 Å². The topological polar surface area (TPSA) is 59.4 Å². The second-order valence-electron chi connectivity index (χ2n) is 9.50. The number of imidazole rings is 1. The molecule has 0 spiro atoms. The van der Waals surface area contributed by atoms with Crippen LogP contribution in [0.1, 0.15) is 55.6 Å². The van der Waals surface area contributed by atoms with E-state index in [1.54, 1.807) is 10.8 Å². The van der Waals surface area contributed by atoms with E-state index in [9.17, 15) is 4.79 Å². The van der Waals surface area contributed by atoms with Crippen molar-refractivity contribution in [3.8, 4) is 6.01 Å². The molecule has 1 aromatic carbocycles. The third kappa shape index (κ3) is 5.26. The highest BCUT2D eigenvalue weighted by Crippen LogP contribution is 2.30. The fourth-order valence-electron chi connectivity index (χ4n) is 5.15. The van der Waals surface area contributed by atoms with E-state index in [-0.39, 0.29) is 11.9 Å². The third-order valence-electron chi connectivity index (χ3n) is 7.05. The molecule has 0 radical (unpaired) electrons. The number of ketones is 1. The summed E-state index contributed by atoms with van der Waals surface area (Å²) < 4.78 is 9.22. The van der Waals surface area contributed by atoms with Crippen molar-refractivity contribution in [3.05, 3.63) is 46.2 Å². The summed E-state index contributed by atoms with van der Waals surface area (Å²) in [4.78, 5) is 20.1. The van der Waals surface area contributed by atoms with E-state index in [1.165, 1.54) is 12.8 Å². The van der Waals surface area contributed by atoms with Crippen LogP contribution in [0.5, 0.6) is 6.01 Å². The second-order valence-corrected chi connectivity index (χ2v) is 10.4. The fourth-order valence-corrected chi connectivity index (χ4v) is 5.41. The number of hydrogen-bond donors (Lipinski definition) is 1. The maximum atomic E-state index is 13.0. The highest BCUT2D eigenvalue weighted by Gasteiger charge is 2.33. The molecule has 174 valence electrons. The van der Waals surface area contributed by atoms with Crippen molar-refractivity contribution < 1.29 is 9.53 Å². The molecule has 2 aliphatic rings. The molecule has 32 heavy (non-hydrogen) atoms. The van der Waals surface area contributed by atoms with Gasteiger partial charge in [0.15, 0.2) is 0 Å². The number of rotatable bonds is 7. The van der Waals surface area contributed by atoms with Gasteiger partial charge in [-0.25, -0.2) is 4.98 Å². The number of halogens is 1. The first-order valence-electron chi connectivity index (χ1n) is 11.9. The van der Waals surface area contributed by atoms with Crippen LogP contribution in [0.4, 0.5) is 0 Å². The highest BCUT2D eigenvalue weighted by atomic mass is 79.9. The quantitative estimate of drug-likeness (QED) is 0.572. The summed E-state index contributed by atoms with van der Waals surface area (Å²) in [7, 11) is 1.87. The number of aromatic nitrogens is 2. The Kier molecular flexibility index (Phi) is 7.69. The van der Waals surface area contributed by atoms with Crippen LogP contribution in [0.2, 0.25) is 0 Å². The number of carbonyl (C=O) groups is 1. The number of likely N-dealkylation sites (tertiary alicyclic amines) is 1. The van der Waals surface area contributed by atoms with Gasteiger partial charge in [-0.3, -0.25) is 9.36 Å². The van der Waals surface area contributed by atoms with Crippen molar-refractivity contribution >= 4 is 21.7 Å². The lowest BCUT2D eigenvalue weighted by molar-refractivity contribution is 0.0240. The number of ether oxygens (including phenoxy) is 1. The van der Waals surface area contributed by atoms with Crippen LogP contribution in [-0.4, -0.2) is 58.6 Å². The minimum absolute atomic E-state index is 0.0428. The number of nitrogens with one attached hydrogen (secondary N) is 1. The first-order chi connectivity index (χ1) is 15.4. The zero-order valence-corrected chi connectivity index (χ0v) is 21.0. The van der Waals surface area contributed by atoms with Gasteiger partial charge in [0, 0.05) is 23.1 Å². The Bertz CT molecular complexity index is 897. The van der Waals surface area contributed by atoms with E-state index in [0.717, 1.165) is 49.5 Å². The lowest BCUT2D eigenvalue weighted by Gasteiger charge is -2.42. The van der Waals surface area contributed by atoms with Crippen LogP contribution in [0.3, 0.4) is 0 Å². The van der Waals surface area contributed by atoms with Gasteiger partial charge in [0.1, 0.15) is 11.8 Å². The molecule has 0 bridgehead atoms. The van der Waals surface area contributed by atoms with Gasteiger partial charge >= 0.3 is 0 Å². The summed E-state index contributed by atoms with van der Waals surface area (Å²) >= 11 is 3.42. The molecular formula is C25H35BrN4O2. The molecule has 6 nitrogen and oxygen atoms in total. The van der Waals surface area contributed by atoms with Crippen molar-refractivity contribution in [2.24, 2.45) is 18.9 Å². The van der Waals surface area contributed by atoms with Crippen molar-refractivity contribution in [1.29, 1.82) is 0 Å². The number of hydrogen-bond acceptors (Lipinski definition) is 5. The predicted molar refractivity (Wildman–Crippen MR) is 130 cm³/mol. The first kappa shape index (κ1) is 23.5. The number of benzene rings is 1. The molecule has 2 saturated heterocycles. The average Bonchev–Trinajstić information content (AvgIpc) is 3.18. The molecule has 0 amide bonds.